The number of amides is 2. The van der Waals surface area contributed by atoms with E-state index in [1.165, 1.54) is 11.3 Å². The monoisotopic (exact) mass is 331 g/mol. The summed E-state index contributed by atoms with van der Waals surface area (Å²) in [6, 6.07) is 7.62. The van der Waals surface area contributed by atoms with Crippen LogP contribution >= 0.6 is 23.1 Å². The van der Waals surface area contributed by atoms with Crippen molar-refractivity contribution in [2.75, 3.05) is 11.1 Å². The van der Waals surface area contributed by atoms with Gasteiger partial charge in [0.15, 0.2) is 5.13 Å². The number of fused-ring (bicyclic) bond motifs is 1. The van der Waals surface area contributed by atoms with Gasteiger partial charge in [0.1, 0.15) is 5.70 Å². The van der Waals surface area contributed by atoms with E-state index in [0.717, 1.165) is 22.0 Å². The van der Waals surface area contributed by atoms with Crippen LogP contribution in [-0.4, -0.2) is 27.7 Å². The number of carbonyl (C=O) groups excluding carboxylic acids is 2. The summed E-state index contributed by atoms with van der Waals surface area (Å²) in [5, 5.41) is 10.7. The fraction of sp³-hybridized carbons (Fsp3) is 0.0769. The highest BCUT2D eigenvalue weighted by Crippen LogP contribution is 2.25. The fourth-order valence-corrected chi connectivity index (χ4v) is 3.05. The van der Waals surface area contributed by atoms with E-state index in [1.54, 1.807) is 0 Å². The second kappa shape index (κ2) is 6.16. The number of hydrogen-bond acceptors (Lipinski definition) is 7. The van der Waals surface area contributed by atoms with Crippen LogP contribution in [0.4, 0.5) is 5.13 Å². The SMILES string of the molecule is C=C1N=NC(SCC(=O)Nc2nc3ccccc3s2)=NC1=O. The maximum absolute atomic E-state index is 11.9. The predicted octanol–water partition coefficient (Wildman–Crippen LogP) is 2.83. The minimum absolute atomic E-state index is 0.0109. The molecule has 3 rings (SSSR count). The Morgan fingerprint density at radius 2 is 2.14 bits per heavy atom. The van der Waals surface area contributed by atoms with Crippen LogP contribution in [0, 0.1) is 0 Å². The number of hydrogen-bond donors (Lipinski definition) is 1. The van der Waals surface area contributed by atoms with Crippen LogP contribution in [0.15, 0.2) is 51.8 Å². The molecule has 0 saturated heterocycles. The van der Waals surface area contributed by atoms with Crippen LogP contribution in [0.5, 0.6) is 0 Å². The Hall–Kier alpha value is -2.39. The fourth-order valence-electron chi connectivity index (χ4n) is 1.59. The second-order valence-electron chi connectivity index (χ2n) is 4.17. The molecule has 110 valence electrons. The lowest BCUT2D eigenvalue weighted by Crippen LogP contribution is -2.15. The summed E-state index contributed by atoms with van der Waals surface area (Å²) in [5.74, 6) is -0.726. The van der Waals surface area contributed by atoms with Crippen LogP contribution < -0.4 is 5.32 Å². The molecule has 1 aromatic carbocycles. The van der Waals surface area contributed by atoms with Gasteiger partial charge in [-0.25, -0.2) is 4.98 Å². The molecule has 9 heteroatoms. The molecule has 2 heterocycles. The quantitative estimate of drug-likeness (QED) is 0.875. The molecule has 0 bridgehead atoms. The van der Waals surface area contributed by atoms with Crippen molar-refractivity contribution in [1.82, 2.24) is 4.98 Å². The zero-order chi connectivity index (χ0) is 15.5. The molecule has 1 aliphatic heterocycles. The minimum atomic E-state index is -0.538. The van der Waals surface area contributed by atoms with Crippen molar-refractivity contribution in [2.24, 2.45) is 15.2 Å². The number of thiazole rings is 1. The van der Waals surface area contributed by atoms with E-state index < -0.39 is 5.91 Å². The van der Waals surface area contributed by atoms with Crippen LogP contribution in [-0.2, 0) is 9.59 Å². The smallest absolute Gasteiger partial charge is 0.299 e. The van der Waals surface area contributed by atoms with Gasteiger partial charge in [0.25, 0.3) is 5.91 Å². The third kappa shape index (κ3) is 3.26. The van der Waals surface area contributed by atoms with E-state index >= 15 is 0 Å². The summed E-state index contributed by atoms with van der Waals surface area (Å²) in [6.07, 6.45) is 0. The molecule has 0 saturated carbocycles. The molecule has 1 N–H and O–H groups in total. The van der Waals surface area contributed by atoms with E-state index in [9.17, 15) is 9.59 Å². The van der Waals surface area contributed by atoms with E-state index in [-0.39, 0.29) is 22.5 Å². The number of azo groups is 1. The Labute approximate surface area is 133 Å². The van der Waals surface area contributed by atoms with E-state index in [2.05, 4.69) is 32.1 Å². The van der Waals surface area contributed by atoms with E-state index in [4.69, 9.17) is 0 Å². The van der Waals surface area contributed by atoms with Gasteiger partial charge in [0, 0.05) is 0 Å². The molecule has 0 radical (unpaired) electrons. The van der Waals surface area contributed by atoms with Gasteiger partial charge in [-0.2, -0.15) is 4.99 Å². The van der Waals surface area contributed by atoms with Gasteiger partial charge in [-0.1, -0.05) is 41.8 Å². The van der Waals surface area contributed by atoms with Gasteiger partial charge in [-0.3, -0.25) is 9.59 Å². The van der Waals surface area contributed by atoms with Crippen molar-refractivity contribution >= 4 is 55.4 Å². The summed E-state index contributed by atoms with van der Waals surface area (Å²) < 4.78 is 1.00. The molecule has 0 fully saturated rings. The Morgan fingerprint density at radius 1 is 1.32 bits per heavy atom. The number of nitrogens with one attached hydrogen (secondary N) is 1. The number of amidine groups is 1. The first kappa shape index (κ1) is 14.5. The zero-order valence-corrected chi connectivity index (χ0v) is 12.8. The van der Waals surface area contributed by atoms with Gasteiger partial charge in [-0.15, -0.1) is 10.2 Å². The molecular weight excluding hydrogens is 322 g/mol. The summed E-state index contributed by atoms with van der Waals surface area (Å²) in [4.78, 5) is 31.1. The molecule has 2 aromatic rings. The third-order valence-electron chi connectivity index (χ3n) is 2.57. The van der Waals surface area contributed by atoms with Crippen molar-refractivity contribution in [3.8, 4) is 0 Å². The first-order valence-electron chi connectivity index (χ1n) is 6.14. The van der Waals surface area contributed by atoms with Gasteiger partial charge < -0.3 is 5.32 Å². The van der Waals surface area contributed by atoms with Crippen molar-refractivity contribution < 1.29 is 9.59 Å². The highest BCUT2D eigenvalue weighted by molar-refractivity contribution is 8.14. The molecule has 1 aliphatic rings. The zero-order valence-electron chi connectivity index (χ0n) is 11.1. The minimum Gasteiger partial charge on any atom is -0.301 e. The summed E-state index contributed by atoms with van der Waals surface area (Å²) >= 11 is 2.43. The third-order valence-corrected chi connectivity index (χ3v) is 4.36. The maximum Gasteiger partial charge on any atom is 0.299 e. The summed E-state index contributed by atoms with van der Waals surface area (Å²) in [6.45, 7) is 3.39. The van der Waals surface area contributed by atoms with Crippen molar-refractivity contribution in [1.29, 1.82) is 0 Å². The van der Waals surface area contributed by atoms with Crippen molar-refractivity contribution in [3.05, 3.63) is 36.5 Å². The molecule has 7 nitrogen and oxygen atoms in total. The number of aromatic nitrogens is 1. The van der Waals surface area contributed by atoms with Gasteiger partial charge in [0.2, 0.25) is 11.1 Å². The topological polar surface area (TPSA) is 96.1 Å². The maximum atomic E-state index is 11.9. The number of thioether (sulfide) groups is 1. The van der Waals surface area contributed by atoms with Crippen LogP contribution in [0.1, 0.15) is 0 Å². The second-order valence-corrected chi connectivity index (χ2v) is 6.14. The largest absolute Gasteiger partial charge is 0.301 e. The summed E-state index contributed by atoms with van der Waals surface area (Å²) in [7, 11) is 0. The lowest BCUT2D eigenvalue weighted by molar-refractivity contribution is -0.115. The Morgan fingerprint density at radius 3 is 2.91 bits per heavy atom. The number of carbonyl (C=O) groups is 2. The first-order valence-corrected chi connectivity index (χ1v) is 7.94. The average Bonchev–Trinajstić information content (AvgIpc) is 2.90. The Bertz CT molecular complexity index is 807. The normalized spacial score (nSPS) is 14.3. The van der Waals surface area contributed by atoms with Crippen LogP contribution in [0.25, 0.3) is 10.2 Å². The van der Waals surface area contributed by atoms with Crippen molar-refractivity contribution in [3.63, 3.8) is 0 Å². The molecule has 0 spiro atoms. The van der Waals surface area contributed by atoms with Gasteiger partial charge >= 0.3 is 0 Å². The van der Waals surface area contributed by atoms with Gasteiger partial charge in [0.05, 0.1) is 16.0 Å². The highest BCUT2D eigenvalue weighted by atomic mass is 32.2. The number of para-hydroxylation sites is 1. The molecule has 2 amide bonds. The number of anilines is 1. The number of benzene rings is 1. The highest BCUT2D eigenvalue weighted by Gasteiger charge is 2.15. The standard InChI is InChI=1S/C13H9N5O2S2/c1-7-11(20)16-13(18-17-7)21-6-10(19)15-12-14-8-4-2-3-5-9(8)22-12/h2-5H,1,6H2,(H,14,15,19). The number of aliphatic imine (C=N–C) groups is 1. The lowest BCUT2D eigenvalue weighted by atomic mass is 10.3. The molecular formula is C13H9N5O2S2. The van der Waals surface area contributed by atoms with Gasteiger partial charge in [-0.05, 0) is 12.1 Å². The first-order chi connectivity index (χ1) is 10.6. The summed E-state index contributed by atoms with van der Waals surface area (Å²) in [5.41, 5.74) is 0.827. The molecule has 0 unspecified atom stereocenters. The Balaban J connectivity index is 1.59. The molecule has 22 heavy (non-hydrogen) atoms. The average molecular weight is 331 g/mol. The Kier molecular flexibility index (Phi) is 4.07. The molecule has 1 aromatic heterocycles. The molecule has 0 atom stereocenters. The van der Waals surface area contributed by atoms with Crippen molar-refractivity contribution in [2.45, 2.75) is 0 Å². The predicted molar refractivity (Wildman–Crippen MR) is 87.1 cm³/mol. The number of nitrogens with zero attached hydrogens (tertiary/aromatic N) is 4. The van der Waals surface area contributed by atoms with Crippen LogP contribution in [0.2, 0.25) is 0 Å². The van der Waals surface area contributed by atoms with E-state index in [1.807, 2.05) is 24.3 Å². The lowest BCUT2D eigenvalue weighted by Gasteiger charge is -2.04. The molecule has 0 aliphatic carbocycles. The number of rotatable bonds is 3. The van der Waals surface area contributed by atoms with E-state index in [0.29, 0.717) is 5.13 Å². The van der Waals surface area contributed by atoms with Crippen LogP contribution in [0.3, 0.4) is 0 Å².